The third-order valence-corrected chi connectivity index (χ3v) is 5.66. The third kappa shape index (κ3) is 4.35. The Morgan fingerprint density at radius 2 is 1.66 bits per heavy atom. The Balaban J connectivity index is 1.53. The highest BCUT2D eigenvalue weighted by molar-refractivity contribution is 7.99. The molecule has 1 heterocycles. The summed E-state index contributed by atoms with van der Waals surface area (Å²) in [6, 6.07) is 25.2. The molecule has 5 heteroatoms. The van der Waals surface area contributed by atoms with Crippen LogP contribution < -0.4 is 10.3 Å². The molecule has 0 aliphatic carbocycles. The Bertz CT molecular complexity index is 1170. The van der Waals surface area contributed by atoms with E-state index in [1.807, 2.05) is 85.8 Å². The summed E-state index contributed by atoms with van der Waals surface area (Å²) in [7, 11) is 0. The molecule has 0 radical (unpaired) electrons. The molecule has 0 N–H and O–H groups in total. The summed E-state index contributed by atoms with van der Waals surface area (Å²) >= 11 is 1.58. The predicted molar refractivity (Wildman–Crippen MR) is 119 cm³/mol. The van der Waals surface area contributed by atoms with E-state index in [4.69, 9.17) is 9.72 Å². The van der Waals surface area contributed by atoms with Crippen LogP contribution in [0, 0.1) is 6.92 Å². The average molecular weight is 403 g/mol. The molecule has 146 valence electrons. The summed E-state index contributed by atoms with van der Waals surface area (Å²) in [5.41, 5.74) is 2.65. The number of nitrogens with zero attached hydrogens (tertiary/aromatic N) is 2. The van der Waals surface area contributed by atoms with Gasteiger partial charge in [0.15, 0.2) is 5.16 Å². The minimum Gasteiger partial charge on any atom is -0.493 e. The van der Waals surface area contributed by atoms with E-state index < -0.39 is 0 Å². The maximum Gasteiger partial charge on any atom is 0.266 e. The van der Waals surface area contributed by atoms with Crippen molar-refractivity contribution in [3.8, 4) is 11.4 Å². The molecule has 0 saturated carbocycles. The quantitative estimate of drug-likeness (QED) is 0.240. The fourth-order valence-corrected chi connectivity index (χ4v) is 4.06. The number of aromatic nitrogens is 2. The van der Waals surface area contributed by atoms with Crippen LogP contribution in [0.4, 0.5) is 0 Å². The Labute approximate surface area is 174 Å². The Morgan fingerprint density at radius 3 is 2.48 bits per heavy atom. The van der Waals surface area contributed by atoms with Gasteiger partial charge in [-0.15, -0.1) is 0 Å². The molecule has 0 atom stereocenters. The van der Waals surface area contributed by atoms with E-state index in [-0.39, 0.29) is 5.56 Å². The molecule has 0 unspecified atom stereocenters. The maximum atomic E-state index is 13.1. The van der Waals surface area contributed by atoms with E-state index in [0.717, 1.165) is 34.7 Å². The van der Waals surface area contributed by atoms with Gasteiger partial charge >= 0.3 is 0 Å². The lowest BCUT2D eigenvalue weighted by molar-refractivity contribution is 0.316. The molecule has 0 amide bonds. The first-order chi connectivity index (χ1) is 14.2. The van der Waals surface area contributed by atoms with Crippen molar-refractivity contribution < 1.29 is 4.74 Å². The van der Waals surface area contributed by atoms with Crippen molar-refractivity contribution in [2.45, 2.75) is 18.5 Å². The summed E-state index contributed by atoms with van der Waals surface area (Å²) in [5, 5.41) is 1.33. The topological polar surface area (TPSA) is 44.1 Å². The van der Waals surface area contributed by atoms with Gasteiger partial charge in [-0.2, -0.15) is 0 Å². The van der Waals surface area contributed by atoms with E-state index in [2.05, 4.69) is 0 Å². The number of thioether (sulfide) groups is 1. The van der Waals surface area contributed by atoms with Crippen molar-refractivity contribution in [1.29, 1.82) is 0 Å². The predicted octanol–water partition coefficient (Wildman–Crippen LogP) is 5.26. The molecule has 29 heavy (non-hydrogen) atoms. The summed E-state index contributed by atoms with van der Waals surface area (Å²) < 4.78 is 7.58. The summed E-state index contributed by atoms with van der Waals surface area (Å²) in [4.78, 5) is 17.9. The van der Waals surface area contributed by atoms with Crippen molar-refractivity contribution >= 4 is 22.7 Å². The van der Waals surface area contributed by atoms with Gasteiger partial charge in [0.25, 0.3) is 5.56 Å². The van der Waals surface area contributed by atoms with Gasteiger partial charge in [-0.1, -0.05) is 60.3 Å². The SMILES string of the molecule is Cc1ccccc1OCCCSc1nc2ccccc2c(=O)n1-c1ccccc1. The summed E-state index contributed by atoms with van der Waals surface area (Å²) in [6.45, 7) is 2.67. The minimum absolute atomic E-state index is 0.0412. The molecule has 0 saturated heterocycles. The van der Waals surface area contributed by atoms with E-state index in [1.165, 1.54) is 0 Å². The number of benzene rings is 3. The Hall–Kier alpha value is -3.05. The lowest BCUT2D eigenvalue weighted by atomic mass is 10.2. The first kappa shape index (κ1) is 19.3. The van der Waals surface area contributed by atoms with Crippen molar-refractivity contribution in [2.75, 3.05) is 12.4 Å². The highest BCUT2D eigenvalue weighted by atomic mass is 32.2. The second-order valence-electron chi connectivity index (χ2n) is 6.70. The summed E-state index contributed by atoms with van der Waals surface area (Å²) in [6.07, 6.45) is 0.858. The maximum absolute atomic E-state index is 13.1. The van der Waals surface area contributed by atoms with Gasteiger partial charge in [-0.05, 0) is 49.2 Å². The van der Waals surface area contributed by atoms with Crippen LogP contribution in [-0.4, -0.2) is 21.9 Å². The van der Waals surface area contributed by atoms with Crippen molar-refractivity contribution in [3.63, 3.8) is 0 Å². The molecule has 3 aromatic carbocycles. The molecule has 1 aromatic heterocycles. The molecule has 0 spiro atoms. The van der Waals surface area contributed by atoms with Crippen LogP contribution in [0.2, 0.25) is 0 Å². The van der Waals surface area contributed by atoms with Crippen LogP contribution >= 0.6 is 11.8 Å². The third-order valence-electron chi connectivity index (χ3n) is 4.63. The first-order valence-electron chi connectivity index (χ1n) is 9.62. The van der Waals surface area contributed by atoms with Crippen molar-refractivity contribution in [2.24, 2.45) is 0 Å². The van der Waals surface area contributed by atoms with Gasteiger partial charge in [-0.25, -0.2) is 4.98 Å². The van der Waals surface area contributed by atoms with Crippen LogP contribution in [0.1, 0.15) is 12.0 Å². The highest BCUT2D eigenvalue weighted by Gasteiger charge is 2.13. The van der Waals surface area contributed by atoms with E-state index in [1.54, 1.807) is 16.3 Å². The molecule has 4 rings (SSSR count). The van der Waals surface area contributed by atoms with E-state index in [0.29, 0.717) is 17.1 Å². The smallest absolute Gasteiger partial charge is 0.266 e. The number of para-hydroxylation sites is 3. The average Bonchev–Trinajstić information content (AvgIpc) is 2.75. The fraction of sp³-hybridized carbons (Fsp3) is 0.167. The molecule has 0 bridgehead atoms. The van der Waals surface area contributed by atoms with Crippen molar-refractivity contribution in [1.82, 2.24) is 9.55 Å². The van der Waals surface area contributed by atoms with Gasteiger partial charge in [0.05, 0.1) is 23.2 Å². The van der Waals surface area contributed by atoms with Gasteiger partial charge in [-0.3, -0.25) is 9.36 Å². The monoisotopic (exact) mass is 402 g/mol. The number of hydrogen-bond acceptors (Lipinski definition) is 4. The number of aryl methyl sites for hydroxylation is 1. The minimum atomic E-state index is -0.0412. The molecule has 4 aromatic rings. The molecule has 0 aliphatic heterocycles. The first-order valence-corrected chi connectivity index (χ1v) is 10.6. The number of rotatable bonds is 7. The second-order valence-corrected chi connectivity index (χ2v) is 7.77. The van der Waals surface area contributed by atoms with Gasteiger partial charge in [0.1, 0.15) is 5.75 Å². The van der Waals surface area contributed by atoms with Crippen LogP contribution in [0.3, 0.4) is 0 Å². The zero-order valence-electron chi connectivity index (χ0n) is 16.2. The van der Waals surface area contributed by atoms with Crippen LogP contribution in [0.15, 0.2) is 88.8 Å². The molecule has 0 fully saturated rings. The molecule has 4 nitrogen and oxygen atoms in total. The molecular formula is C24H22N2O2S. The van der Waals surface area contributed by atoms with E-state index >= 15 is 0 Å². The normalized spacial score (nSPS) is 10.9. The number of hydrogen-bond donors (Lipinski definition) is 0. The Morgan fingerprint density at radius 1 is 0.931 bits per heavy atom. The van der Waals surface area contributed by atoms with Crippen LogP contribution in [-0.2, 0) is 0 Å². The number of fused-ring (bicyclic) bond motifs is 1. The van der Waals surface area contributed by atoms with Gasteiger partial charge in [0.2, 0.25) is 0 Å². The van der Waals surface area contributed by atoms with Crippen LogP contribution in [0.25, 0.3) is 16.6 Å². The van der Waals surface area contributed by atoms with E-state index in [9.17, 15) is 4.79 Å². The van der Waals surface area contributed by atoms with Crippen LogP contribution in [0.5, 0.6) is 5.75 Å². The molecule has 0 aliphatic rings. The van der Waals surface area contributed by atoms with Gasteiger partial charge < -0.3 is 4.74 Å². The fourth-order valence-electron chi connectivity index (χ4n) is 3.14. The van der Waals surface area contributed by atoms with Gasteiger partial charge in [0, 0.05) is 5.75 Å². The largest absolute Gasteiger partial charge is 0.493 e. The zero-order valence-corrected chi connectivity index (χ0v) is 17.1. The Kier molecular flexibility index (Phi) is 5.96. The molecular weight excluding hydrogens is 380 g/mol. The van der Waals surface area contributed by atoms with Crippen molar-refractivity contribution in [3.05, 3.63) is 94.8 Å². The standard InChI is InChI=1S/C24H22N2O2S/c1-18-10-5-8-15-22(18)28-16-9-17-29-24-25-21-14-7-6-13-20(21)23(27)26(24)19-11-3-2-4-12-19/h2-8,10-15H,9,16-17H2,1H3. The highest BCUT2D eigenvalue weighted by Crippen LogP contribution is 2.22. The number of ether oxygens (including phenoxy) is 1. The lowest BCUT2D eigenvalue weighted by Crippen LogP contribution is -2.21. The lowest BCUT2D eigenvalue weighted by Gasteiger charge is -2.13. The summed E-state index contributed by atoms with van der Waals surface area (Å²) in [5.74, 6) is 1.73. The zero-order chi connectivity index (χ0) is 20.1. The second kappa shape index (κ2) is 8.97.